The van der Waals surface area contributed by atoms with Gasteiger partial charge in [0.15, 0.2) is 15.6 Å². The van der Waals surface area contributed by atoms with Crippen LogP contribution in [0.5, 0.6) is 0 Å². The molecule has 1 aromatic rings. The SMILES string of the molecule is CC(N)c1ccc(C(=O)NC2CCS(=O)(=O)C2)o1. The number of carbonyl (C=O) groups excluding carboxylic acids is 1. The Labute approximate surface area is 105 Å². The van der Waals surface area contributed by atoms with Gasteiger partial charge < -0.3 is 15.5 Å². The second kappa shape index (κ2) is 4.74. The monoisotopic (exact) mass is 272 g/mol. The molecule has 2 heterocycles. The summed E-state index contributed by atoms with van der Waals surface area (Å²) in [5.41, 5.74) is 5.62. The van der Waals surface area contributed by atoms with E-state index >= 15 is 0 Å². The van der Waals surface area contributed by atoms with E-state index in [9.17, 15) is 13.2 Å². The molecule has 1 aromatic heterocycles. The fourth-order valence-corrected chi connectivity index (χ4v) is 3.56. The summed E-state index contributed by atoms with van der Waals surface area (Å²) in [7, 11) is -3.00. The third-order valence-electron chi connectivity index (χ3n) is 2.87. The molecule has 100 valence electrons. The summed E-state index contributed by atoms with van der Waals surface area (Å²) in [5.74, 6) is 0.413. The fraction of sp³-hybridized carbons (Fsp3) is 0.545. The van der Waals surface area contributed by atoms with Gasteiger partial charge in [0.2, 0.25) is 0 Å². The molecule has 0 spiro atoms. The van der Waals surface area contributed by atoms with Crippen LogP contribution < -0.4 is 11.1 Å². The molecule has 6 nitrogen and oxygen atoms in total. The number of nitrogens with one attached hydrogen (secondary N) is 1. The minimum absolute atomic E-state index is 0.000399. The minimum Gasteiger partial charge on any atom is -0.454 e. The summed E-state index contributed by atoms with van der Waals surface area (Å²) in [4.78, 5) is 11.8. The summed E-state index contributed by atoms with van der Waals surface area (Å²) in [6, 6.07) is 2.58. The molecular weight excluding hydrogens is 256 g/mol. The van der Waals surface area contributed by atoms with Crippen molar-refractivity contribution in [3.8, 4) is 0 Å². The first-order chi connectivity index (χ1) is 8.37. The van der Waals surface area contributed by atoms with Crippen molar-refractivity contribution in [3.63, 3.8) is 0 Å². The average Bonchev–Trinajstić information content (AvgIpc) is 2.85. The summed E-state index contributed by atoms with van der Waals surface area (Å²) in [6.45, 7) is 1.75. The lowest BCUT2D eigenvalue weighted by atomic mass is 10.2. The Hall–Kier alpha value is -1.34. The lowest BCUT2D eigenvalue weighted by molar-refractivity contribution is 0.0911. The van der Waals surface area contributed by atoms with E-state index in [1.54, 1.807) is 13.0 Å². The van der Waals surface area contributed by atoms with Crippen molar-refractivity contribution in [1.82, 2.24) is 5.32 Å². The predicted octanol–water partition coefficient (Wildman–Crippen LogP) is 0.216. The van der Waals surface area contributed by atoms with Crippen LogP contribution in [-0.2, 0) is 9.84 Å². The zero-order valence-corrected chi connectivity index (χ0v) is 10.9. The van der Waals surface area contributed by atoms with E-state index in [0.29, 0.717) is 12.2 Å². The van der Waals surface area contributed by atoms with Crippen molar-refractivity contribution in [3.05, 3.63) is 23.7 Å². The zero-order valence-electron chi connectivity index (χ0n) is 10.0. The molecular formula is C11H16N2O4S. The van der Waals surface area contributed by atoms with Gasteiger partial charge in [0.05, 0.1) is 17.5 Å². The molecule has 0 aromatic carbocycles. The van der Waals surface area contributed by atoms with E-state index in [-0.39, 0.29) is 29.3 Å². The molecule has 1 aliphatic rings. The van der Waals surface area contributed by atoms with E-state index in [4.69, 9.17) is 10.2 Å². The van der Waals surface area contributed by atoms with Crippen LogP contribution in [-0.4, -0.2) is 31.9 Å². The smallest absolute Gasteiger partial charge is 0.287 e. The lowest BCUT2D eigenvalue weighted by Gasteiger charge is -2.08. The first-order valence-electron chi connectivity index (χ1n) is 5.74. The molecule has 0 radical (unpaired) electrons. The summed E-state index contributed by atoms with van der Waals surface area (Å²) < 4.78 is 27.8. The van der Waals surface area contributed by atoms with Crippen LogP contribution in [0.1, 0.15) is 35.7 Å². The maximum atomic E-state index is 11.8. The first-order valence-corrected chi connectivity index (χ1v) is 7.56. The molecule has 1 fully saturated rings. The molecule has 1 aliphatic heterocycles. The van der Waals surface area contributed by atoms with Crippen LogP contribution in [0.2, 0.25) is 0 Å². The number of hydrogen-bond donors (Lipinski definition) is 2. The van der Waals surface area contributed by atoms with Gasteiger partial charge in [-0.25, -0.2) is 8.42 Å². The van der Waals surface area contributed by atoms with Gasteiger partial charge in [0.25, 0.3) is 5.91 Å². The molecule has 2 rings (SSSR count). The van der Waals surface area contributed by atoms with Crippen molar-refractivity contribution in [1.29, 1.82) is 0 Å². The van der Waals surface area contributed by atoms with Gasteiger partial charge in [0, 0.05) is 6.04 Å². The Morgan fingerprint density at radius 3 is 2.78 bits per heavy atom. The Balaban J connectivity index is 2.00. The molecule has 7 heteroatoms. The van der Waals surface area contributed by atoms with Crippen LogP contribution in [0.4, 0.5) is 0 Å². The van der Waals surface area contributed by atoms with Crippen molar-refractivity contribution in [2.75, 3.05) is 11.5 Å². The molecule has 0 aliphatic carbocycles. The van der Waals surface area contributed by atoms with Crippen LogP contribution in [0.3, 0.4) is 0 Å². The van der Waals surface area contributed by atoms with Crippen molar-refractivity contribution in [2.24, 2.45) is 5.73 Å². The second-order valence-electron chi connectivity index (χ2n) is 4.56. The predicted molar refractivity (Wildman–Crippen MR) is 65.8 cm³/mol. The summed E-state index contributed by atoms with van der Waals surface area (Å²) >= 11 is 0. The number of rotatable bonds is 3. The lowest BCUT2D eigenvalue weighted by Crippen LogP contribution is -2.35. The zero-order chi connectivity index (χ0) is 13.3. The maximum Gasteiger partial charge on any atom is 0.287 e. The largest absolute Gasteiger partial charge is 0.454 e. The molecule has 0 saturated carbocycles. The minimum atomic E-state index is -3.00. The van der Waals surface area contributed by atoms with Crippen LogP contribution in [0.15, 0.2) is 16.5 Å². The van der Waals surface area contributed by atoms with Crippen molar-refractivity contribution >= 4 is 15.7 Å². The summed E-state index contributed by atoms with van der Waals surface area (Å²) in [5, 5.41) is 2.65. The van der Waals surface area contributed by atoms with Gasteiger partial charge >= 0.3 is 0 Å². The van der Waals surface area contributed by atoms with Gasteiger partial charge in [-0.2, -0.15) is 0 Å². The van der Waals surface area contributed by atoms with Gasteiger partial charge in [0.1, 0.15) is 5.76 Å². The standard InChI is InChI=1S/C11H16N2O4S/c1-7(12)9-2-3-10(17-9)11(14)13-8-4-5-18(15,16)6-8/h2-3,7-8H,4-6,12H2,1H3,(H,13,14). The third kappa shape index (κ3) is 2.91. The third-order valence-corrected chi connectivity index (χ3v) is 4.63. The van der Waals surface area contributed by atoms with Gasteiger partial charge in [-0.05, 0) is 25.5 Å². The first kappa shape index (κ1) is 13.1. The quantitative estimate of drug-likeness (QED) is 0.819. The van der Waals surface area contributed by atoms with Gasteiger partial charge in [-0.1, -0.05) is 0 Å². The number of nitrogens with two attached hydrogens (primary N) is 1. The van der Waals surface area contributed by atoms with Crippen LogP contribution in [0.25, 0.3) is 0 Å². The second-order valence-corrected chi connectivity index (χ2v) is 6.79. The highest BCUT2D eigenvalue weighted by molar-refractivity contribution is 7.91. The van der Waals surface area contributed by atoms with Crippen LogP contribution in [0, 0.1) is 0 Å². The Bertz CT molecular complexity index is 547. The Morgan fingerprint density at radius 1 is 1.56 bits per heavy atom. The van der Waals surface area contributed by atoms with Gasteiger partial charge in [-0.15, -0.1) is 0 Å². The van der Waals surface area contributed by atoms with Crippen LogP contribution >= 0.6 is 0 Å². The molecule has 0 bridgehead atoms. The molecule has 2 atom stereocenters. The normalized spacial score (nSPS) is 23.8. The molecule has 1 saturated heterocycles. The average molecular weight is 272 g/mol. The van der Waals surface area contributed by atoms with E-state index in [1.165, 1.54) is 6.07 Å². The van der Waals surface area contributed by atoms with Crippen molar-refractivity contribution < 1.29 is 17.6 Å². The van der Waals surface area contributed by atoms with E-state index in [0.717, 1.165) is 0 Å². The van der Waals surface area contributed by atoms with E-state index in [2.05, 4.69) is 5.32 Å². The molecule has 3 N–H and O–H groups in total. The van der Waals surface area contributed by atoms with Gasteiger partial charge in [-0.3, -0.25) is 4.79 Å². The highest BCUT2D eigenvalue weighted by atomic mass is 32.2. The fourth-order valence-electron chi connectivity index (χ4n) is 1.88. The van der Waals surface area contributed by atoms with E-state index < -0.39 is 15.7 Å². The van der Waals surface area contributed by atoms with E-state index in [1.807, 2.05) is 0 Å². The topological polar surface area (TPSA) is 102 Å². The molecule has 1 amide bonds. The maximum absolute atomic E-state index is 11.8. The molecule has 18 heavy (non-hydrogen) atoms. The van der Waals surface area contributed by atoms with Crippen molar-refractivity contribution in [2.45, 2.75) is 25.4 Å². The number of carbonyl (C=O) groups is 1. The summed E-state index contributed by atoms with van der Waals surface area (Å²) in [6.07, 6.45) is 0.453. The molecule has 2 unspecified atom stereocenters. The highest BCUT2D eigenvalue weighted by Crippen LogP contribution is 2.16. The number of hydrogen-bond acceptors (Lipinski definition) is 5. The number of sulfone groups is 1. The Kier molecular flexibility index (Phi) is 3.45. The number of amides is 1. The number of furan rings is 1. The Morgan fingerprint density at radius 2 is 2.28 bits per heavy atom. The highest BCUT2D eigenvalue weighted by Gasteiger charge is 2.29.